The number of allylic oxidation sites excluding steroid dienone is 6. The molecule has 0 radical (unpaired) electrons. The second-order valence-corrected chi connectivity index (χ2v) is 20.9. The van der Waals surface area contributed by atoms with Crippen LogP contribution >= 0.6 is 0 Å². The van der Waals surface area contributed by atoms with Crippen LogP contribution in [0.15, 0.2) is 53.9 Å². The third-order valence-electron chi connectivity index (χ3n) is 15.5. The summed E-state index contributed by atoms with van der Waals surface area (Å²) < 4.78 is 32.0. The van der Waals surface area contributed by atoms with Crippen LogP contribution in [0.5, 0.6) is 0 Å². The minimum absolute atomic E-state index is 0.0166. The number of hydrogen-bond acceptors (Lipinski definition) is 14. The second-order valence-electron chi connectivity index (χ2n) is 20.9. The van der Waals surface area contributed by atoms with Gasteiger partial charge in [0.25, 0.3) is 11.7 Å². The maximum absolute atomic E-state index is 14.5. The number of Topliss-reactive ketones (excluding diaryl/α,β-unsaturated/α-hetero) is 3. The summed E-state index contributed by atoms with van der Waals surface area (Å²) in [5.41, 5.74) is -0.252. The fourth-order valence-corrected chi connectivity index (χ4v) is 10.7. The number of fused-ring (bicyclic) bond motifs is 3. The number of amides is 1. The van der Waals surface area contributed by atoms with Gasteiger partial charge in [0.05, 0.1) is 18.2 Å². The second kappa shape index (κ2) is 25.8. The Hall–Kier alpha value is -4.22. The molecule has 1 aliphatic carbocycles. The predicted octanol–water partition coefficient (Wildman–Crippen LogP) is 7.12. The van der Waals surface area contributed by atoms with Gasteiger partial charge in [-0.3, -0.25) is 19.2 Å². The topological polar surface area (TPSA) is 199 Å². The quantitative estimate of drug-likeness (QED) is 0.165. The number of hydrogen-bond donors (Lipinski definition) is 1. The molecule has 3 aliphatic heterocycles. The summed E-state index contributed by atoms with van der Waals surface area (Å²) in [5, 5.41) is 23.5. The normalized spacial score (nSPS) is 38.8. The van der Waals surface area contributed by atoms with Gasteiger partial charge in [0.1, 0.15) is 48.2 Å². The van der Waals surface area contributed by atoms with Crippen molar-refractivity contribution in [2.75, 3.05) is 27.9 Å². The predicted molar refractivity (Wildman–Crippen MR) is 259 cm³/mol. The van der Waals surface area contributed by atoms with E-state index >= 15 is 0 Å². The summed E-state index contributed by atoms with van der Waals surface area (Å²) >= 11 is 0. The molecule has 1 aromatic rings. The fourth-order valence-electron chi connectivity index (χ4n) is 10.7. The van der Waals surface area contributed by atoms with Crippen LogP contribution in [0.25, 0.3) is 0 Å². The van der Waals surface area contributed by atoms with Gasteiger partial charge in [0.15, 0.2) is 5.78 Å². The standard InChI is InChI=1S/C53H81N5O11/c1-32-17-13-12-14-18-34(3)43(65-9)25-33(2)20-21-38(7)53(8,64)50(61)51(62)57-24-16-15-19-41(57)52(63)69-44(36(5)28-39-22-23-40(45(29-39)66-10)58-31-54-55-56-58)30-42(59)35(4)27-37(6)48-49(67-11)47(60)46(26-32)68-48/h12-14,17-18,27,31-33,35-36,38-41,43-46,48-49,64H,15-16,19-26,28-30H2,1-11H3/b14-12+,17-13+,34-18+,37-27+/t32-,33+,35-,36-,38?,39+,40+,41+,43+,44+,45-,46?,48-,49?,53+/m1/s1. The Kier molecular flexibility index (Phi) is 20.8. The van der Waals surface area contributed by atoms with E-state index < -0.39 is 65.6 Å². The molecule has 1 aromatic heterocycles. The Bertz CT molecular complexity index is 2010. The summed E-state index contributed by atoms with van der Waals surface area (Å²) in [6, 6.07) is -1.10. The molecule has 3 unspecified atom stereocenters. The summed E-state index contributed by atoms with van der Waals surface area (Å²) in [5.74, 6) is -3.98. The fraction of sp³-hybridized carbons (Fsp3) is 0.736. The number of cyclic esters (lactones) is 1. The van der Waals surface area contributed by atoms with Gasteiger partial charge in [-0.2, -0.15) is 0 Å². The van der Waals surface area contributed by atoms with Crippen molar-refractivity contribution < 1.29 is 52.8 Å². The zero-order valence-electron chi connectivity index (χ0n) is 43.1. The van der Waals surface area contributed by atoms with Gasteiger partial charge in [0, 0.05) is 40.2 Å². The van der Waals surface area contributed by atoms with Crippen molar-refractivity contribution in [1.82, 2.24) is 25.1 Å². The number of carbonyl (C=O) groups excluding carboxylic acids is 5. The monoisotopic (exact) mass is 964 g/mol. The third-order valence-corrected chi connectivity index (χ3v) is 15.5. The van der Waals surface area contributed by atoms with Gasteiger partial charge >= 0.3 is 5.97 Å². The van der Waals surface area contributed by atoms with Crippen molar-refractivity contribution in [2.24, 2.45) is 35.5 Å². The number of nitrogens with zero attached hydrogens (tertiary/aromatic N) is 5. The highest BCUT2D eigenvalue weighted by Crippen LogP contribution is 2.39. The lowest BCUT2D eigenvalue weighted by Gasteiger charge is -2.38. The molecule has 5 rings (SSSR count). The number of aromatic nitrogens is 4. The average molecular weight is 964 g/mol. The molecule has 2 bridgehead atoms. The van der Waals surface area contributed by atoms with E-state index in [0.717, 1.165) is 18.4 Å². The van der Waals surface area contributed by atoms with Crippen molar-refractivity contribution in [3.63, 3.8) is 0 Å². The molecule has 69 heavy (non-hydrogen) atoms. The first kappa shape index (κ1) is 55.7. The van der Waals surface area contributed by atoms with Crippen molar-refractivity contribution >= 4 is 29.2 Å². The molecule has 1 amide bonds. The number of piperidine rings is 1. The third kappa shape index (κ3) is 14.5. The van der Waals surface area contributed by atoms with Crippen molar-refractivity contribution in [1.29, 1.82) is 0 Å². The molecule has 2 saturated heterocycles. The first-order valence-corrected chi connectivity index (χ1v) is 25.3. The van der Waals surface area contributed by atoms with E-state index in [0.29, 0.717) is 56.9 Å². The van der Waals surface area contributed by atoms with Gasteiger partial charge in [-0.1, -0.05) is 77.5 Å². The van der Waals surface area contributed by atoms with Gasteiger partial charge in [-0.05, 0) is 136 Å². The number of ether oxygens (including phenoxy) is 5. The molecule has 16 heteroatoms. The van der Waals surface area contributed by atoms with Crippen molar-refractivity contribution in [2.45, 2.75) is 187 Å². The van der Waals surface area contributed by atoms with E-state index in [2.05, 4.69) is 22.4 Å². The highest BCUT2D eigenvalue weighted by molar-refractivity contribution is 6.39. The highest BCUT2D eigenvalue weighted by Gasteiger charge is 2.47. The number of carbonyl (C=O) groups is 5. The highest BCUT2D eigenvalue weighted by atomic mass is 16.6. The van der Waals surface area contributed by atoms with Crippen LogP contribution in [0.3, 0.4) is 0 Å². The Morgan fingerprint density at radius 2 is 1.64 bits per heavy atom. The molecule has 4 aliphatic rings. The van der Waals surface area contributed by atoms with Crippen LogP contribution < -0.4 is 0 Å². The van der Waals surface area contributed by atoms with E-state index in [4.69, 9.17) is 23.7 Å². The Morgan fingerprint density at radius 3 is 2.32 bits per heavy atom. The van der Waals surface area contributed by atoms with Crippen LogP contribution in [-0.4, -0.2) is 136 Å². The molecular weight excluding hydrogens is 883 g/mol. The summed E-state index contributed by atoms with van der Waals surface area (Å²) in [4.78, 5) is 71.9. The number of aliphatic hydroxyl groups is 1. The largest absolute Gasteiger partial charge is 0.460 e. The van der Waals surface area contributed by atoms with Gasteiger partial charge < -0.3 is 33.7 Å². The Morgan fingerprint density at radius 1 is 0.884 bits per heavy atom. The van der Waals surface area contributed by atoms with Crippen LogP contribution in [0.1, 0.15) is 138 Å². The van der Waals surface area contributed by atoms with Crippen LogP contribution in [0, 0.1) is 35.5 Å². The minimum atomic E-state index is -1.98. The minimum Gasteiger partial charge on any atom is -0.460 e. The lowest BCUT2D eigenvalue weighted by atomic mass is 9.77. The smallest absolute Gasteiger partial charge is 0.329 e. The molecule has 384 valence electrons. The number of ketones is 3. The van der Waals surface area contributed by atoms with E-state index in [1.807, 2.05) is 58.1 Å². The lowest BCUT2D eigenvalue weighted by Crippen LogP contribution is -2.57. The molecular formula is C53H81N5O11. The van der Waals surface area contributed by atoms with E-state index in [1.54, 1.807) is 45.2 Å². The zero-order valence-corrected chi connectivity index (χ0v) is 43.1. The van der Waals surface area contributed by atoms with Crippen LogP contribution in [0.2, 0.25) is 0 Å². The maximum atomic E-state index is 14.5. The summed E-state index contributed by atoms with van der Waals surface area (Å²) in [6.07, 6.45) is 16.6. The van der Waals surface area contributed by atoms with Crippen LogP contribution in [0.4, 0.5) is 0 Å². The molecule has 3 fully saturated rings. The van der Waals surface area contributed by atoms with E-state index in [9.17, 15) is 29.1 Å². The lowest BCUT2D eigenvalue weighted by molar-refractivity contribution is -0.169. The Balaban J connectivity index is 1.43. The van der Waals surface area contributed by atoms with Crippen molar-refractivity contribution in [3.8, 4) is 0 Å². The molecule has 0 aromatic carbocycles. The number of rotatable bonds is 7. The average Bonchev–Trinajstić information content (AvgIpc) is 3.98. The number of tetrazole rings is 1. The maximum Gasteiger partial charge on any atom is 0.329 e. The molecule has 16 nitrogen and oxygen atoms in total. The molecule has 1 N–H and O–H groups in total. The summed E-state index contributed by atoms with van der Waals surface area (Å²) in [6.45, 7) is 15.1. The number of esters is 1. The van der Waals surface area contributed by atoms with Gasteiger partial charge in [0.2, 0.25) is 0 Å². The molecule has 0 spiro atoms. The van der Waals surface area contributed by atoms with Crippen LogP contribution in [-0.2, 0) is 47.7 Å². The number of methoxy groups -OCH3 is 3. The SMILES string of the molecule is COC1C(=O)C2C[C@H](C)/C=C/C=C/C=C(\C)[C@@H](OC)C[C@@H](C)CCC(C)[C@](C)(O)C(=O)C(=O)N3CCCC[C@H]3C(=O)O[C@H]([C@H](C)C[C@@H]3CC[C@H](n4cnnn4)[C@H](OC)C3)CC(=O)[C@H](C)/C=C(\C)[C@H]1O2. The Labute approximate surface area is 410 Å². The summed E-state index contributed by atoms with van der Waals surface area (Å²) in [7, 11) is 4.84. The molecule has 4 heterocycles. The first-order chi connectivity index (χ1) is 32.8. The first-order valence-electron chi connectivity index (χ1n) is 25.3. The molecule has 1 saturated carbocycles. The van der Waals surface area contributed by atoms with Crippen molar-refractivity contribution in [3.05, 3.63) is 53.9 Å². The zero-order chi connectivity index (χ0) is 50.6. The van der Waals surface area contributed by atoms with Gasteiger partial charge in [-0.25, -0.2) is 9.48 Å². The molecule has 15 atom stereocenters. The van der Waals surface area contributed by atoms with E-state index in [-0.39, 0.29) is 72.9 Å². The van der Waals surface area contributed by atoms with E-state index in [1.165, 1.54) is 18.9 Å². The van der Waals surface area contributed by atoms with Gasteiger partial charge in [-0.15, -0.1) is 5.10 Å².